The summed E-state index contributed by atoms with van der Waals surface area (Å²) in [6.07, 6.45) is 3.50. The molecular weight excluding hydrogens is 264 g/mol. The van der Waals surface area contributed by atoms with Crippen molar-refractivity contribution in [3.63, 3.8) is 0 Å². The average Bonchev–Trinajstić information content (AvgIpc) is 3.22. The van der Waals surface area contributed by atoms with Crippen LogP contribution in [-0.4, -0.2) is 60.1 Å². The molecule has 1 aliphatic heterocycles. The molecule has 2 fully saturated rings. The van der Waals surface area contributed by atoms with Crippen molar-refractivity contribution in [1.82, 2.24) is 10.2 Å². The van der Waals surface area contributed by atoms with Crippen molar-refractivity contribution in [3.8, 4) is 0 Å². The van der Waals surface area contributed by atoms with Crippen molar-refractivity contribution in [2.75, 3.05) is 26.3 Å². The van der Waals surface area contributed by atoms with E-state index in [1.54, 1.807) is 0 Å². The van der Waals surface area contributed by atoms with Gasteiger partial charge in [-0.25, -0.2) is 4.79 Å². The van der Waals surface area contributed by atoms with Crippen molar-refractivity contribution < 1.29 is 24.2 Å². The van der Waals surface area contributed by atoms with E-state index in [1.165, 1.54) is 0 Å². The molecule has 7 heteroatoms. The number of carboxylic acids is 1. The zero-order valence-corrected chi connectivity index (χ0v) is 11.3. The molecule has 1 saturated carbocycles. The summed E-state index contributed by atoms with van der Waals surface area (Å²) in [5.74, 6) is -0.909. The lowest BCUT2D eigenvalue weighted by Crippen LogP contribution is -2.47. The van der Waals surface area contributed by atoms with E-state index < -0.39 is 12.6 Å². The van der Waals surface area contributed by atoms with E-state index in [9.17, 15) is 14.4 Å². The molecule has 0 spiro atoms. The van der Waals surface area contributed by atoms with Gasteiger partial charge in [0.05, 0.1) is 0 Å². The van der Waals surface area contributed by atoms with Gasteiger partial charge in [-0.1, -0.05) is 0 Å². The van der Waals surface area contributed by atoms with E-state index in [0.717, 1.165) is 25.7 Å². The number of carbonyl (C=O) groups excluding carboxylic acids is 2. The molecular formula is C13H20N2O5. The topological polar surface area (TPSA) is 95.9 Å². The van der Waals surface area contributed by atoms with Gasteiger partial charge in [0.25, 0.3) is 0 Å². The number of nitrogens with one attached hydrogen (secondary N) is 1. The van der Waals surface area contributed by atoms with Gasteiger partial charge in [0.15, 0.2) is 0 Å². The number of rotatable bonds is 6. The van der Waals surface area contributed by atoms with Crippen molar-refractivity contribution in [2.24, 2.45) is 5.92 Å². The predicted octanol–water partition coefficient (Wildman–Crippen LogP) is -0.395. The molecule has 2 amide bonds. The lowest BCUT2D eigenvalue weighted by atomic mass is 10.0. The molecule has 0 aromatic carbocycles. The highest BCUT2D eigenvalue weighted by Gasteiger charge is 2.35. The Morgan fingerprint density at radius 2 is 1.75 bits per heavy atom. The largest absolute Gasteiger partial charge is 0.480 e. The van der Waals surface area contributed by atoms with E-state index in [-0.39, 0.29) is 30.4 Å². The molecule has 7 nitrogen and oxygen atoms in total. The second kappa shape index (κ2) is 6.69. The van der Waals surface area contributed by atoms with Crippen LogP contribution in [0.15, 0.2) is 0 Å². The standard InChI is InChI=1S/C13H20N2O5/c16-11(7-20-8-12(17)18)14-10-3-5-15(6-4-10)13(19)9-1-2-9/h9-10H,1-8H2,(H,14,16)(H,17,18). The van der Waals surface area contributed by atoms with Crippen LogP contribution in [0.4, 0.5) is 0 Å². The van der Waals surface area contributed by atoms with Gasteiger partial charge in [-0.15, -0.1) is 0 Å². The molecule has 112 valence electrons. The first-order valence-electron chi connectivity index (χ1n) is 6.94. The van der Waals surface area contributed by atoms with Crippen LogP contribution in [0.3, 0.4) is 0 Å². The number of ether oxygens (including phenoxy) is 1. The normalized spacial score (nSPS) is 19.7. The van der Waals surface area contributed by atoms with Gasteiger partial charge in [0.2, 0.25) is 11.8 Å². The molecule has 2 rings (SSSR count). The highest BCUT2D eigenvalue weighted by atomic mass is 16.5. The maximum atomic E-state index is 11.9. The first-order chi connectivity index (χ1) is 9.56. The number of amides is 2. The SMILES string of the molecule is O=C(O)COCC(=O)NC1CCN(C(=O)C2CC2)CC1. The molecule has 1 saturated heterocycles. The molecule has 2 aliphatic rings. The third-order valence-electron chi connectivity index (χ3n) is 3.56. The predicted molar refractivity (Wildman–Crippen MR) is 68.9 cm³/mol. The van der Waals surface area contributed by atoms with E-state index >= 15 is 0 Å². The fourth-order valence-corrected chi connectivity index (χ4v) is 2.33. The Balaban J connectivity index is 1.62. The lowest BCUT2D eigenvalue weighted by molar-refractivity contribution is -0.143. The van der Waals surface area contributed by atoms with E-state index in [1.807, 2.05) is 4.90 Å². The summed E-state index contributed by atoms with van der Waals surface area (Å²) in [6.45, 7) is 0.641. The highest BCUT2D eigenvalue weighted by molar-refractivity contribution is 5.81. The molecule has 0 bridgehead atoms. The van der Waals surface area contributed by atoms with Gasteiger partial charge in [-0.2, -0.15) is 0 Å². The summed E-state index contributed by atoms with van der Waals surface area (Å²) in [5, 5.41) is 11.2. The molecule has 0 radical (unpaired) electrons. The molecule has 0 aromatic heterocycles. The minimum Gasteiger partial charge on any atom is -0.480 e. The Morgan fingerprint density at radius 3 is 2.30 bits per heavy atom. The number of likely N-dealkylation sites (tertiary alicyclic amines) is 1. The maximum Gasteiger partial charge on any atom is 0.329 e. The summed E-state index contributed by atoms with van der Waals surface area (Å²) >= 11 is 0. The number of carboxylic acid groups (broad SMARTS) is 1. The fourth-order valence-electron chi connectivity index (χ4n) is 2.33. The molecule has 1 aliphatic carbocycles. The fraction of sp³-hybridized carbons (Fsp3) is 0.769. The molecule has 1 heterocycles. The smallest absolute Gasteiger partial charge is 0.329 e. The van der Waals surface area contributed by atoms with Crippen molar-refractivity contribution >= 4 is 17.8 Å². The van der Waals surface area contributed by atoms with Gasteiger partial charge < -0.3 is 20.1 Å². The average molecular weight is 284 g/mol. The Morgan fingerprint density at radius 1 is 1.10 bits per heavy atom. The Kier molecular flexibility index (Phi) is 4.94. The van der Waals surface area contributed by atoms with Crippen LogP contribution in [0.1, 0.15) is 25.7 Å². The summed E-state index contributed by atoms with van der Waals surface area (Å²) in [7, 11) is 0. The first-order valence-corrected chi connectivity index (χ1v) is 6.94. The summed E-state index contributed by atoms with van der Waals surface area (Å²) < 4.78 is 4.72. The monoisotopic (exact) mass is 284 g/mol. The van der Waals surface area contributed by atoms with Crippen LogP contribution >= 0.6 is 0 Å². The summed E-state index contributed by atoms with van der Waals surface area (Å²) in [6, 6.07) is 0.0409. The van der Waals surface area contributed by atoms with Gasteiger partial charge in [0.1, 0.15) is 13.2 Å². The van der Waals surface area contributed by atoms with Crippen molar-refractivity contribution in [3.05, 3.63) is 0 Å². The minimum absolute atomic E-state index is 0.0409. The zero-order chi connectivity index (χ0) is 14.5. The van der Waals surface area contributed by atoms with Gasteiger partial charge in [-0.3, -0.25) is 9.59 Å². The third-order valence-corrected chi connectivity index (χ3v) is 3.56. The van der Waals surface area contributed by atoms with Crippen LogP contribution < -0.4 is 5.32 Å². The second-order valence-electron chi connectivity index (χ2n) is 5.33. The van der Waals surface area contributed by atoms with Crippen LogP contribution in [-0.2, 0) is 19.1 Å². The zero-order valence-electron chi connectivity index (χ0n) is 11.3. The summed E-state index contributed by atoms with van der Waals surface area (Å²) in [4.78, 5) is 35.5. The first kappa shape index (κ1) is 14.8. The van der Waals surface area contributed by atoms with Crippen molar-refractivity contribution in [2.45, 2.75) is 31.7 Å². The number of carbonyl (C=O) groups is 3. The van der Waals surface area contributed by atoms with E-state index in [4.69, 9.17) is 9.84 Å². The van der Waals surface area contributed by atoms with E-state index in [0.29, 0.717) is 13.1 Å². The number of hydrogen-bond donors (Lipinski definition) is 2. The van der Waals surface area contributed by atoms with Crippen molar-refractivity contribution in [1.29, 1.82) is 0 Å². The van der Waals surface area contributed by atoms with Crippen LogP contribution in [0, 0.1) is 5.92 Å². The summed E-state index contributed by atoms with van der Waals surface area (Å²) in [5.41, 5.74) is 0. The van der Waals surface area contributed by atoms with Gasteiger partial charge >= 0.3 is 5.97 Å². The second-order valence-corrected chi connectivity index (χ2v) is 5.33. The number of piperidine rings is 1. The molecule has 0 atom stereocenters. The van der Waals surface area contributed by atoms with Crippen LogP contribution in [0.2, 0.25) is 0 Å². The highest BCUT2D eigenvalue weighted by Crippen LogP contribution is 2.31. The Hall–Kier alpha value is -1.63. The van der Waals surface area contributed by atoms with Gasteiger partial charge in [0, 0.05) is 25.0 Å². The molecule has 2 N–H and O–H groups in total. The number of nitrogens with zero attached hydrogens (tertiary/aromatic N) is 1. The van der Waals surface area contributed by atoms with Crippen LogP contribution in [0.5, 0.6) is 0 Å². The third kappa shape index (κ3) is 4.48. The minimum atomic E-state index is -1.09. The number of aliphatic carboxylic acids is 1. The molecule has 0 unspecified atom stereocenters. The Bertz CT molecular complexity index is 386. The Labute approximate surface area is 117 Å². The lowest BCUT2D eigenvalue weighted by Gasteiger charge is -2.32. The van der Waals surface area contributed by atoms with Crippen LogP contribution in [0.25, 0.3) is 0 Å². The molecule has 20 heavy (non-hydrogen) atoms. The van der Waals surface area contributed by atoms with Gasteiger partial charge in [-0.05, 0) is 25.7 Å². The molecule has 0 aromatic rings. The van der Waals surface area contributed by atoms with E-state index in [2.05, 4.69) is 5.32 Å². The number of hydrogen-bond acceptors (Lipinski definition) is 4. The quantitative estimate of drug-likeness (QED) is 0.692. The maximum absolute atomic E-state index is 11.9.